The molecule has 1 aromatic heterocycles. The summed E-state index contributed by atoms with van der Waals surface area (Å²) in [6.07, 6.45) is 0.240. The van der Waals surface area contributed by atoms with Crippen LogP contribution in [0.15, 0.2) is 47.0 Å². The SMILES string of the molecule is COc1ccccc1-c1noc(C2CC(=O)N(c3cc(F)ccc3C)C2)n1. The predicted molar refractivity (Wildman–Crippen MR) is 97.1 cm³/mol. The number of carbonyl (C=O) groups is 1. The second-order valence-corrected chi connectivity index (χ2v) is 6.49. The lowest BCUT2D eigenvalue weighted by Crippen LogP contribution is -2.25. The lowest BCUT2D eigenvalue weighted by molar-refractivity contribution is -0.117. The summed E-state index contributed by atoms with van der Waals surface area (Å²) in [6.45, 7) is 2.22. The minimum Gasteiger partial charge on any atom is -0.496 e. The molecule has 1 atom stereocenters. The van der Waals surface area contributed by atoms with Crippen LogP contribution in [0.25, 0.3) is 11.4 Å². The van der Waals surface area contributed by atoms with E-state index in [1.54, 1.807) is 18.1 Å². The van der Waals surface area contributed by atoms with Gasteiger partial charge in [0.15, 0.2) is 0 Å². The van der Waals surface area contributed by atoms with Crippen molar-refractivity contribution < 1.29 is 18.4 Å². The summed E-state index contributed by atoms with van der Waals surface area (Å²) in [5.41, 5.74) is 2.13. The zero-order valence-electron chi connectivity index (χ0n) is 15.0. The predicted octanol–water partition coefficient (Wildman–Crippen LogP) is 3.71. The van der Waals surface area contributed by atoms with Crippen molar-refractivity contribution in [1.82, 2.24) is 10.1 Å². The van der Waals surface area contributed by atoms with E-state index in [1.807, 2.05) is 31.2 Å². The van der Waals surface area contributed by atoms with Crippen LogP contribution in [-0.2, 0) is 4.79 Å². The Morgan fingerprint density at radius 2 is 2.07 bits per heavy atom. The number of hydrogen-bond donors (Lipinski definition) is 0. The average molecular weight is 367 g/mol. The van der Waals surface area contributed by atoms with Crippen molar-refractivity contribution in [1.29, 1.82) is 0 Å². The first kappa shape index (κ1) is 17.2. The van der Waals surface area contributed by atoms with E-state index in [4.69, 9.17) is 9.26 Å². The summed E-state index contributed by atoms with van der Waals surface area (Å²) >= 11 is 0. The van der Waals surface area contributed by atoms with E-state index in [9.17, 15) is 9.18 Å². The summed E-state index contributed by atoms with van der Waals surface area (Å²) in [4.78, 5) is 18.5. The molecule has 27 heavy (non-hydrogen) atoms. The first-order valence-electron chi connectivity index (χ1n) is 8.60. The van der Waals surface area contributed by atoms with Crippen LogP contribution in [0.4, 0.5) is 10.1 Å². The summed E-state index contributed by atoms with van der Waals surface area (Å²) < 4.78 is 24.4. The molecule has 0 saturated carbocycles. The van der Waals surface area contributed by atoms with E-state index in [0.717, 1.165) is 11.1 Å². The summed E-state index contributed by atoms with van der Waals surface area (Å²) in [5.74, 6) is 0.741. The Hall–Kier alpha value is -3.22. The van der Waals surface area contributed by atoms with Gasteiger partial charge in [0.1, 0.15) is 11.6 Å². The van der Waals surface area contributed by atoms with Crippen LogP contribution in [0.1, 0.15) is 23.8 Å². The smallest absolute Gasteiger partial charge is 0.232 e. The standard InChI is InChI=1S/C20H18FN3O3/c1-12-7-8-14(21)10-16(12)24-11-13(9-18(24)25)20-22-19(23-27-20)15-5-3-4-6-17(15)26-2/h3-8,10,13H,9,11H2,1-2H3. The number of anilines is 1. The number of benzene rings is 2. The van der Waals surface area contributed by atoms with Crippen LogP contribution < -0.4 is 9.64 Å². The number of halogens is 1. The molecule has 0 bridgehead atoms. The first-order valence-corrected chi connectivity index (χ1v) is 8.60. The van der Waals surface area contributed by atoms with Crippen LogP contribution in [0.3, 0.4) is 0 Å². The van der Waals surface area contributed by atoms with Gasteiger partial charge in [-0.25, -0.2) is 4.39 Å². The minimum absolute atomic E-state index is 0.0919. The van der Waals surface area contributed by atoms with E-state index in [-0.39, 0.29) is 24.1 Å². The topological polar surface area (TPSA) is 68.5 Å². The average Bonchev–Trinajstić information content (AvgIpc) is 3.30. The number of nitrogens with zero attached hydrogens (tertiary/aromatic N) is 3. The Morgan fingerprint density at radius 1 is 1.26 bits per heavy atom. The lowest BCUT2D eigenvalue weighted by atomic mass is 10.1. The maximum Gasteiger partial charge on any atom is 0.232 e. The van der Waals surface area contributed by atoms with Gasteiger partial charge in [-0.2, -0.15) is 4.98 Å². The highest BCUT2D eigenvalue weighted by molar-refractivity contribution is 5.97. The van der Waals surface area contributed by atoms with Gasteiger partial charge in [0.05, 0.1) is 18.6 Å². The highest BCUT2D eigenvalue weighted by atomic mass is 19.1. The van der Waals surface area contributed by atoms with Gasteiger partial charge in [-0.15, -0.1) is 0 Å². The quantitative estimate of drug-likeness (QED) is 0.703. The molecule has 1 unspecified atom stereocenters. The fraction of sp³-hybridized carbons (Fsp3) is 0.250. The Labute approximate surface area is 155 Å². The molecule has 2 aromatic carbocycles. The van der Waals surface area contributed by atoms with E-state index >= 15 is 0 Å². The highest BCUT2D eigenvalue weighted by Gasteiger charge is 2.36. The second kappa shape index (κ2) is 6.83. The Bertz CT molecular complexity index is 1000. The van der Waals surface area contributed by atoms with E-state index in [1.165, 1.54) is 12.1 Å². The number of carbonyl (C=O) groups excluding carboxylic acids is 1. The zero-order chi connectivity index (χ0) is 19.0. The molecule has 3 aromatic rings. The lowest BCUT2D eigenvalue weighted by Gasteiger charge is -2.18. The number of ether oxygens (including phenoxy) is 1. The number of amides is 1. The Morgan fingerprint density at radius 3 is 2.89 bits per heavy atom. The van der Waals surface area contributed by atoms with Gasteiger partial charge in [-0.3, -0.25) is 4.79 Å². The van der Waals surface area contributed by atoms with Gasteiger partial charge < -0.3 is 14.2 Å². The van der Waals surface area contributed by atoms with Crippen LogP contribution >= 0.6 is 0 Å². The molecular weight excluding hydrogens is 349 g/mol. The monoisotopic (exact) mass is 367 g/mol. The zero-order valence-corrected chi connectivity index (χ0v) is 15.0. The molecule has 4 rings (SSSR count). The molecule has 1 aliphatic rings. The van der Waals surface area contributed by atoms with Gasteiger partial charge in [0, 0.05) is 18.7 Å². The largest absolute Gasteiger partial charge is 0.496 e. The number of rotatable bonds is 4. The maximum absolute atomic E-state index is 13.6. The number of methoxy groups -OCH3 is 1. The Balaban J connectivity index is 1.60. The van der Waals surface area contributed by atoms with Crippen molar-refractivity contribution in [2.24, 2.45) is 0 Å². The number of hydrogen-bond acceptors (Lipinski definition) is 5. The normalized spacial score (nSPS) is 16.8. The molecule has 2 heterocycles. The second-order valence-electron chi connectivity index (χ2n) is 6.49. The number of aromatic nitrogens is 2. The third-order valence-corrected chi connectivity index (χ3v) is 4.73. The molecular formula is C20H18FN3O3. The Kier molecular flexibility index (Phi) is 4.35. The molecule has 6 nitrogen and oxygen atoms in total. The molecule has 0 spiro atoms. The fourth-order valence-electron chi connectivity index (χ4n) is 3.32. The van der Waals surface area contributed by atoms with Crippen LogP contribution in [-0.4, -0.2) is 29.7 Å². The van der Waals surface area contributed by atoms with Crippen LogP contribution in [0.2, 0.25) is 0 Å². The molecule has 0 radical (unpaired) electrons. The highest BCUT2D eigenvalue weighted by Crippen LogP contribution is 2.34. The van der Waals surface area contributed by atoms with Crippen molar-refractivity contribution in [3.8, 4) is 17.1 Å². The number of para-hydroxylation sites is 1. The molecule has 7 heteroatoms. The van der Waals surface area contributed by atoms with Crippen molar-refractivity contribution in [2.75, 3.05) is 18.6 Å². The van der Waals surface area contributed by atoms with Crippen molar-refractivity contribution >= 4 is 11.6 Å². The van der Waals surface area contributed by atoms with E-state index < -0.39 is 0 Å². The van der Waals surface area contributed by atoms with Gasteiger partial charge >= 0.3 is 0 Å². The maximum atomic E-state index is 13.6. The molecule has 0 N–H and O–H groups in total. The third kappa shape index (κ3) is 3.16. The molecule has 138 valence electrons. The van der Waals surface area contributed by atoms with Crippen molar-refractivity contribution in [2.45, 2.75) is 19.3 Å². The molecule has 1 fully saturated rings. The first-order chi connectivity index (χ1) is 13.1. The van der Waals surface area contributed by atoms with Gasteiger partial charge in [0.2, 0.25) is 17.6 Å². The van der Waals surface area contributed by atoms with Crippen molar-refractivity contribution in [3.05, 3.63) is 59.7 Å². The van der Waals surface area contributed by atoms with Crippen molar-refractivity contribution in [3.63, 3.8) is 0 Å². The summed E-state index contributed by atoms with van der Waals surface area (Å²) in [7, 11) is 1.58. The van der Waals surface area contributed by atoms with Gasteiger partial charge in [0.25, 0.3) is 0 Å². The molecule has 1 saturated heterocycles. The van der Waals surface area contributed by atoms with E-state index in [0.29, 0.717) is 29.7 Å². The fourth-order valence-corrected chi connectivity index (χ4v) is 3.32. The van der Waals surface area contributed by atoms with Crippen LogP contribution in [0, 0.1) is 12.7 Å². The molecule has 0 aliphatic carbocycles. The van der Waals surface area contributed by atoms with Crippen LogP contribution in [0.5, 0.6) is 5.75 Å². The third-order valence-electron chi connectivity index (χ3n) is 4.73. The van der Waals surface area contributed by atoms with Gasteiger partial charge in [-0.05, 0) is 36.8 Å². The van der Waals surface area contributed by atoms with E-state index in [2.05, 4.69) is 10.1 Å². The molecule has 1 amide bonds. The van der Waals surface area contributed by atoms with Gasteiger partial charge in [-0.1, -0.05) is 23.4 Å². The molecule has 1 aliphatic heterocycles. The number of aryl methyl sites for hydroxylation is 1. The minimum atomic E-state index is -0.372. The summed E-state index contributed by atoms with van der Waals surface area (Å²) in [5, 5.41) is 4.04. The summed E-state index contributed by atoms with van der Waals surface area (Å²) in [6, 6.07) is 11.8.